The predicted octanol–water partition coefficient (Wildman–Crippen LogP) is 7.43. The second kappa shape index (κ2) is 10.4. The van der Waals surface area contributed by atoms with E-state index in [2.05, 4.69) is 50.0 Å². The fourth-order valence-electron chi connectivity index (χ4n) is 4.14. The van der Waals surface area contributed by atoms with Crippen molar-refractivity contribution in [3.05, 3.63) is 95.1 Å². The number of fused-ring (bicyclic) bond motifs is 1. The molecule has 4 rings (SSSR count). The highest BCUT2D eigenvalue weighted by Crippen LogP contribution is 2.23. The minimum atomic E-state index is -0.143. The lowest BCUT2D eigenvalue weighted by atomic mass is 10.0. The SMILES string of the molecule is CC(C)N(Cc1ccc2cc(NC(=O)c3ccc(-c4ccc(Cl)cc4)cc3)ccc2n1)C(C)C. The summed E-state index contributed by atoms with van der Waals surface area (Å²) in [7, 11) is 0. The van der Waals surface area contributed by atoms with E-state index in [0.717, 1.165) is 40.0 Å². The monoisotopic (exact) mass is 471 g/mol. The first-order chi connectivity index (χ1) is 16.3. The maximum Gasteiger partial charge on any atom is 0.255 e. The van der Waals surface area contributed by atoms with Crippen molar-refractivity contribution in [3.8, 4) is 11.1 Å². The molecule has 0 unspecified atom stereocenters. The van der Waals surface area contributed by atoms with Crippen LogP contribution in [0.2, 0.25) is 5.02 Å². The second-order valence-electron chi connectivity index (χ2n) is 9.11. The third kappa shape index (κ3) is 5.64. The molecule has 0 bridgehead atoms. The number of hydrogen-bond acceptors (Lipinski definition) is 3. The maximum absolute atomic E-state index is 12.8. The maximum atomic E-state index is 12.8. The molecule has 0 saturated carbocycles. The first-order valence-electron chi connectivity index (χ1n) is 11.6. The lowest BCUT2D eigenvalue weighted by Crippen LogP contribution is -2.36. The molecule has 1 amide bonds. The molecule has 0 fully saturated rings. The minimum absolute atomic E-state index is 0.143. The lowest BCUT2D eigenvalue weighted by Gasteiger charge is -2.30. The summed E-state index contributed by atoms with van der Waals surface area (Å²) in [6, 6.07) is 26.1. The highest BCUT2D eigenvalue weighted by molar-refractivity contribution is 6.30. The normalized spacial score (nSPS) is 11.5. The molecular formula is C29H30ClN3O. The molecule has 3 aromatic carbocycles. The highest BCUT2D eigenvalue weighted by Gasteiger charge is 2.15. The molecule has 1 N–H and O–H groups in total. The van der Waals surface area contributed by atoms with Crippen molar-refractivity contribution in [2.24, 2.45) is 0 Å². The van der Waals surface area contributed by atoms with Crippen LogP contribution in [0.5, 0.6) is 0 Å². The number of aromatic nitrogens is 1. The summed E-state index contributed by atoms with van der Waals surface area (Å²) in [5, 5.41) is 4.70. The summed E-state index contributed by atoms with van der Waals surface area (Å²) in [5.74, 6) is -0.143. The van der Waals surface area contributed by atoms with Crippen molar-refractivity contribution >= 4 is 34.1 Å². The molecule has 0 radical (unpaired) electrons. The van der Waals surface area contributed by atoms with Crippen molar-refractivity contribution in [1.29, 1.82) is 0 Å². The van der Waals surface area contributed by atoms with Crippen molar-refractivity contribution in [3.63, 3.8) is 0 Å². The van der Waals surface area contributed by atoms with Crippen LogP contribution in [0.3, 0.4) is 0 Å². The zero-order chi connectivity index (χ0) is 24.2. The van der Waals surface area contributed by atoms with Gasteiger partial charge in [0.25, 0.3) is 5.91 Å². The molecule has 5 heteroatoms. The van der Waals surface area contributed by atoms with Crippen LogP contribution in [-0.2, 0) is 6.54 Å². The second-order valence-corrected chi connectivity index (χ2v) is 9.54. The zero-order valence-electron chi connectivity index (χ0n) is 20.0. The van der Waals surface area contributed by atoms with E-state index in [1.165, 1.54) is 0 Å². The fraction of sp³-hybridized carbons (Fsp3) is 0.241. The highest BCUT2D eigenvalue weighted by atomic mass is 35.5. The Hall–Kier alpha value is -3.21. The van der Waals surface area contributed by atoms with Gasteiger partial charge in [0, 0.05) is 40.3 Å². The molecule has 1 heterocycles. The topological polar surface area (TPSA) is 45.2 Å². The first kappa shape index (κ1) is 23.9. The van der Waals surface area contributed by atoms with Gasteiger partial charge in [-0.25, -0.2) is 0 Å². The Labute approximate surface area is 206 Å². The average Bonchev–Trinajstić information content (AvgIpc) is 2.82. The van der Waals surface area contributed by atoms with Gasteiger partial charge in [-0.15, -0.1) is 0 Å². The predicted molar refractivity (Wildman–Crippen MR) is 142 cm³/mol. The Balaban J connectivity index is 1.46. The van der Waals surface area contributed by atoms with E-state index in [0.29, 0.717) is 22.7 Å². The number of benzene rings is 3. The summed E-state index contributed by atoms with van der Waals surface area (Å²) >= 11 is 5.97. The third-order valence-corrected chi connectivity index (χ3v) is 6.25. The van der Waals surface area contributed by atoms with Crippen LogP contribution in [0.4, 0.5) is 5.69 Å². The number of nitrogens with one attached hydrogen (secondary N) is 1. The minimum Gasteiger partial charge on any atom is -0.322 e. The molecule has 0 atom stereocenters. The van der Waals surface area contributed by atoms with Gasteiger partial charge >= 0.3 is 0 Å². The van der Waals surface area contributed by atoms with Gasteiger partial charge in [-0.1, -0.05) is 41.9 Å². The molecule has 0 aliphatic rings. The summed E-state index contributed by atoms with van der Waals surface area (Å²) in [4.78, 5) is 20.1. The molecule has 0 saturated heterocycles. The van der Waals surface area contributed by atoms with Gasteiger partial charge in [-0.2, -0.15) is 0 Å². The number of hydrogen-bond donors (Lipinski definition) is 1. The van der Waals surface area contributed by atoms with Crippen molar-refractivity contribution in [2.75, 3.05) is 5.32 Å². The van der Waals surface area contributed by atoms with Crippen LogP contribution in [-0.4, -0.2) is 27.9 Å². The van der Waals surface area contributed by atoms with Crippen molar-refractivity contribution in [2.45, 2.75) is 46.3 Å². The largest absolute Gasteiger partial charge is 0.322 e. The molecule has 0 spiro atoms. The summed E-state index contributed by atoms with van der Waals surface area (Å²) in [6.45, 7) is 9.65. The van der Waals surface area contributed by atoms with E-state index in [1.54, 1.807) is 0 Å². The third-order valence-electron chi connectivity index (χ3n) is 6.00. The van der Waals surface area contributed by atoms with Crippen LogP contribution in [0.25, 0.3) is 22.0 Å². The number of carbonyl (C=O) groups is 1. The van der Waals surface area contributed by atoms with E-state index in [4.69, 9.17) is 16.6 Å². The van der Waals surface area contributed by atoms with Gasteiger partial charge < -0.3 is 5.32 Å². The zero-order valence-corrected chi connectivity index (χ0v) is 20.8. The van der Waals surface area contributed by atoms with Crippen LogP contribution in [0.1, 0.15) is 43.7 Å². The van der Waals surface area contributed by atoms with Gasteiger partial charge in [0.15, 0.2) is 0 Å². The number of pyridine rings is 1. The number of rotatable bonds is 7. The molecule has 0 aliphatic heterocycles. The van der Waals surface area contributed by atoms with Gasteiger partial charge in [-0.3, -0.25) is 14.7 Å². The Morgan fingerprint density at radius 2 is 1.47 bits per heavy atom. The molecule has 174 valence electrons. The van der Waals surface area contributed by atoms with Gasteiger partial charge in [-0.05, 0) is 87.4 Å². The molecule has 0 aliphatic carbocycles. The number of halogens is 1. The molecular weight excluding hydrogens is 442 g/mol. The number of amides is 1. The molecule has 4 nitrogen and oxygen atoms in total. The Kier molecular flexibility index (Phi) is 7.30. The molecule has 34 heavy (non-hydrogen) atoms. The average molecular weight is 472 g/mol. The number of nitrogens with zero attached hydrogens (tertiary/aromatic N) is 2. The Morgan fingerprint density at radius 1 is 0.853 bits per heavy atom. The molecule has 1 aromatic heterocycles. The van der Waals surface area contributed by atoms with Crippen molar-refractivity contribution < 1.29 is 4.79 Å². The fourth-order valence-corrected chi connectivity index (χ4v) is 4.27. The standard InChI is InChI=1S/C29H30ClN3O/c1-19(2)33(20(3)4)18-27-14-11-24-17-26(15-16-28(24)31-27)32-29(34)23-7-5-21(6-8-23)22-9-12-25(30)13-10-22/h5-17,19-20H,18H2,1-4H3,(H,32,34). The lowest BCUT2D eigenvalue weighted by molar-refractivity contribution is 0.102. The summed E-state index contributed by atoms with van der Waals surface area (Å²) in [6.07, 6.45) is 0. The summed E-state index contributed by atoms with van der Waals surface area (Å²) < 4.78 is 0. The quantitative estimate of drug-likeness (QED) is 0.305. The van der Waals surface area contributed by atoms with E-state index in [1.807, 2.05) is 66.7 Å². The van der Waals surface area contributed by atoms with E-state index in [-0.39, 0.29) is 5.91 Å². The van der Waals surface area contributed by atoms with Gasteiger partial charge in [0.1, 0.15) is 0 Å². The van der Waals surface area contributed by atoms with E-state index < -0.39 is 0 Å². The Morgan fingerprint density at radius 3 is 2.09 bits per heavy atom. The molecule has 4 aromatic rings. The van der Waals surface area contributed by atoms with Crippen LogP contribution in [0.15, 0.2) is 78.9 Å². The van der Waals surface area contributed by atoms with Crippen LogP contribution >= 0.6 is 11.6 Å². The first-order valence-corrected chi connectivity index (χ1v) is 12.0. The van der Waals surface area contributed by atoms with Crippen LogP contribution < -0.4 is 5.32 Å². The van der Waals surface area contributed by atoms with E-state index in [9.17, 15) is 4.79 Å². The summed E-state index contributed by atoms with van der Waals surface area (Å²) in [5.41, 5.74) is 5.42. The van der Waals surface area contributed by atoms with Crippen molar-refractivity contribution in [1.82, 2.24) is 9.88 Å². The Bertz CT molecular complexity index is 1270. The van der Waals surface area contributed by atoms with Gasteiger partial charge in [0.2, 0.25) is 0 Å². The van der Waals surface area contributed by atoms with E-state index >= 15 is 0 Å². The van der Waals surface area contributed by atoms with Gasteiger partial charge in [0.05, 0.1) is 11.2 Å². The van der Waals surface area contributed by atoms with Crippen LogP contribution in [0, 0.1) is 0 Å². The number of anilines is 1. The number of carbonyl (C=O) groups excluding carboxylic acids is 1. The smallest absolute Gasteiger partial charge is 0.255 e.